The summed E-state index contributed by atoms with van der Waals surface area (Å²) in [7, 11) is 0. The first-order valence-corrected chi connectivity index (χ1v) is 8.56. The van der Waals surface area contributed by atoms with Crippen molar-refractivity contribution in [2.24, 2.45) is 0 Å². The van der Waals surface area contributed by atoms with Gasteiger partial charge in [0.05, 0.1) is 6.04 Å². The quantitative estimate of drug-likeness (QED) is 0.810. The highest BCUT2D eigenvalue weighted by Gasteiger charge is 2.33. The average molecular weight is 306 g/mol. The van der Waals surface area contributed by atoms with Crippen LogP contribution >= 0.6 is 11.3 Å². The highest BCUT2D eigenvalue weighted by Crippen LogP contribution is 2.33. The topological polar surface area (TPSA) is 54.2 Å². The minimum absolute atomic E-state index is 0.105. The fourth-order valence-corrected chi connectivity index (χ4v) is 2.94. The van der Waals surface area contributed by atoms with Crippen molar-refractivity contribution in [3.8, 4) is 0 Å². The zero-order chi connectivity index (χ0) is 14.7. The van der Waals surface area contributed by atoms with E-state index in [-0.39, 0.29) is 6.04 Å². The zero-order valence-corrected chi connectivity index (χ0v) is 13.4. The van der Waals surface area contributed by atoms with Crippen LogP contribution < -0.4 is 10.2 Å². The van der Waals surface area contributed by atoms with Gasteiger partial charge in [-0.25, -0.2) is 0 Å². The van der Waals surface area contributed by atoms with E-state index in [1.54, 1.807) is 11.3 Å². The van der Waals surface area contributed by atoms with E-state index in [9.17, 15) is 0 Å². The van der Waals surface area contributed by atoms with Crippen LogP contribution in [0.15, 0.2) is 21.2 Å². The first-order valence-electron chi connectivity index (χ1n) is 7.62. The molecule has 1 aliphatic rings. The molecule has 6 heteroatoms. The number of hydrogen-bond acceptors (Lipinski definition) is 6. The maximum Gasteiger partial charge on any atom is 0.318 e. The van der Waals surface area contributed by atoms with E-state index in [0.717, 1.165) is 19.5 Å². The fourth-order valence-electron chi connectivity index (χ4n) is 2.28. The van der Waals surface area contributed by atoms with Crippen molar-refractivity contribution in [2.45, 2.75) is 51.7 Å². The molecule has 1 fully saturated rings. The lowest BCUT2D eigenvalue weighted by atomic mass is 10.3. The molecule has 2 aromatic rings. The summed E-state index contributed by atoms with van der Waals surface area (Å²) < 4.78 is 5.90. The number of thiophene rings is 1. The van der Waals surface area contributed by atoms with Crippen molar-refractivity contribution in [3.63, 3.8) is 0 Å². The second-order valence-electron chi connectivity index (χ2n) is 5.59. The van der Waals surface area contributed by atoms with Crippen LogP contribution in [0.5, 0.6) is 0 Å². The summed E-state index contributed by atoms with van der Waals surface area (Å²) in [6, 6.07) is 3.47. The summed E-state index contributed by atoms with van der Waals surface area (Å²) in [5, 5.41) is 16.1. The summed E-state index contributed by atoms with van der Waals surface area (Å²) in [6.45, 7) is 6.02. The van der Waals surface area contributed by atoms with Gasteiger partial charge in [0.2, 0.25) is 5.89 Å². The van der Waals surface area contributed by atoms with Crippen molar-refractivity contribution in [3.05, 3.63) is 28.3 Å². The Morgan fingerprint density at radius 2 is 2.33 bits per heavy atom. The molecule has 0 saturated heterocycles. The van der Waals surface area contributed by atoms with Gasteiger partial charge in [0.1, 0.15) is 0 Å². The molecule has 1 N–H and O–H groups in total. The molecule has 1 saturated carbocycles. The Morgan fingerprint density at radius 3 is 3.00 bits per heavy atom. The van der Waals surface area contributed by atoms with Crippen LogP contribution in [0.1, 0.15) is 50.6 Å². The Bertz CT molecular complexity index is 550. The molecule has 2 heterocycles. The van der Waals surface area contributed by atoms with E-state index >= 15 is 0 Å². The molecule has 1 unspecified atom stereocenters. The first kappa shape index (κ1) is 14.5. The van der Waals surface area contributed by atoms with E-state index in [1.807, 2.05) is 0 Å². The number of anilines is 1. The van der Waals surface area contributed by atoms with Crippen LogP contribution in [0.4, 0.5) is 6.01 Å². The summed E-state index contributed by atoms with van der Waals surface area (Å²) in [5.41, 5.74) is 1.31. The van der Waals surface area contributed by atoms with Crippen molar-refractivity contribution in [1.82, 2.24) is 15.5 Å². The van der Waals surface area contributed by atoms with Crippen molar-refractivity contribution >= 4 is 17.4 Å². The van der Waals surface area contributed by atoms with Crippen molar-refractivity contribution < 1.29 is 4.42 Å². The van der Waals surface area contributed by atoms with Crippen LogP contribution in [0, 0.1) is 0 Å². The Morgan fingerprint density at radius 1 is 1.48 bits per heavy atom. The summed E-state index contributed by atoms with van der Waals surface area (Å²) in [6.07, 6.45) is 3.52. The lowest BCUT2D eigenvalue weighted by Crippen LogP contribution is -2.25. The minimum Gasteiger partial charge on any atom is -0.406 e. The molecular weight excluding hydrogens is 284 g/mol. The Labute approximate surface area is 129 Å². The molecule has 2 aromatic heterocycles. The van der Waals surface area contributed by atoms with Gasteiger partial charge in [-0.3, -0.25) is 0 Å². The van der Waals surface area contributed by atoms with E-state index in [4.69, 9.17) is 4.42 Å². The summed E-state index contributed by atoms with van der Waals surface area (Å²) in [5.74, 6) is 0.675. The zero-order valence-electron chi connectivity index (χ0n) is 12.6. The molecule has 1 aliphatic carbocycles. The maximum absolute atomic E-state index is 5.90. The van der Waals surface area contributed by atoms with E-state index in [1.165, 1.54) is 18.4 Å². The van der Waals surface area contributed by atoms with Gasteiger partial charge >= 0.3 is 6.01 Å². The molecular formula is C15H22N4OS. The molecule has 114 valence electrons. The van der Waals surface area contributed by atoms with Gasteiger partial charge in [-0.1, -0.05) is 12.0 Å². The smallest absolute Gasteiger partial charge is 0.318 e. The monoisotopic (exact) mass is 306 g/mol. The van der Waals surface area contributed by atoms with E-state index in [2.05, 4.69) is 51.1 Å². The lowest BCUT2D eigenvalue weighted by Gasteiger charge is -2.18. The van der Waals surface area contributed by atoms with Gasteiger partial charge in [0.25, 0.3) is 0 Å². The minimum atomic E-state index is 0.105. The second-order valence-corrected chi connectivity index (χ2v) is 6.37. The highest BCUT2D eigenvalue weighted by atomic mass is 32.1. The van der Waals surface area contributed by atoms with Crippen molar-refractivity contribution in [1.29, 1.82) is 0 Å². The Balaban J connectivity index is 1.70. The van der Waals surface area contributed by atoms with Gasteiger partial charge in [0.15, 0.2) is 0 Å². The van der Waals surface area contributed by atoms with Crippen LogP contribution in [0.3, 0.4) is 0 Å². The third-order valence-corrected chi connectivity index (χ3v) is 4.40. The van der Waals surface area contributed by atoms with Gasteiger partial charge in [-0.2, -0.15) is 11.3 Å². The molecule has 0 aliphatic heterocycles. The van der Waals surface area contributed by atoms with Gasteiger partial charge in [-0.05, 0) is 55.1 Å². The van der Waals surface area contributed by atoms with Gasteiger partial charge in [-0.15, -0.1) is 5.10 Å². The molecule has 5 nitrogen and oxygen atoms in total. The highest BCUT2D eigenvalue weighted by molar-refractivity contribution is 7.07. The predicted octanol–water partition coefficient (Wildman–Crippen LogP) is 3.36. The Kier molecular flexibility index (Phi) is 4.55. The number of hydrogen-bond donors (Lipinski definition) is 1. The molecule has 0 spiro atoms. The second kappa shape index (κ2) is 6.58. The van der Waals surface area contributed by atoms with Crippen LogP contribution in [0.25, 0.3) is 0 Å². The van der Waals surface area contributed by atoms with E-state index < -0.39 is 0 Å². The van der Waals surface area contributed by atoms with Crippen LogP contribution in [-0.2, 0) is 6.54 Å². The molecule has 0 bridgehead atoms. The van der Waals surface area contributed by atoms with Gasteiger partial charge in [0, 0.05) is 12.6 Å². The molecule has 0 amide bonds. The third kappa shape index (κ3) is 3.63. The summed E-state index contributed by atoms with van der Waals surface area (Å²) >= 11 is 1.72. The van der Waals surface area contributed by atoms with Crippen molar-refractivity contribution in [2.75, 3.05) is 11.4 Å². The lowest BCUT2D eigenvalue weighted by molar-refractivity contribution is 0.412. The number of aromatic nitrogens is 2. The molecule has 1 atom stereocenters. The average Bonchev–Trinajstić information content (AvgIpc) is 3.01. The molecule has 21 heavy (non-hydrogen) atoms. The molecule has 3 rings (SSSR count). The standard InChI is InChI=1S/C15H22N4OS/c1-3-7-16-11(2)14-17-18-15(20-14)19(13-4-5-13)9-12-6-8-21-10-12/h6,8,10-11,13,16H,3-5,7,9H2,1-2H3. The van der Waals surface area contributed by atoms with Crippen LogP contribution in [0.2, 0.25) is 0 Å². The number of rotatable bonds is 8. The largest absolute Gasteiger partial charge is 0.406 e. The summed E-state index contributed by atoms with van der Waals surface area (Å²) in [4.78, 5) is 2.24. The Hall–Kier alpha value is -1.40. The first-order chi connectivity index (χ1) is 10.3. The normalized spacial score (nSPS) is 16.1. The fraction of sp³-hybridized carbons (Fsp3) is 0.600. The molecule has 0 aromatic carbocycles. The predicted molar refractivity (Wildman–Crippen MR) is 84.5 cm³/mol. The SMILES string of the molecule is CCCNC(C)c1nnc(N(Cc2ccsc2)C2CC2)o1. The van der Waals surface area contributed by atoms with Gasteiger partial charge < -0.3 is 14.6 Å². The molecule has 0 radical (unpaired) electrons. The third-order valence-electron chi connectivity index (χ3n) is 3.67. The number of nitrogens with zero attached hydrogens (tertiary/aromatic N) is 3. The van der Waals surface area contributed by atoms with Crippen LogP contribution in [-0.4, -0.2) is 22.8 Å². The maximum atomic E-state index is 5.90. The van der Waals surface area contributed by atoms with E-state index in [0.29, 0.717) is 17.9 Å². The number of nitrogens with one attached hydrogen (secondary N) is 1.